The Bertz CT molecular complexity index is 517. The second-order valence-corrected chi connectivity index (χ2v) is 4.60. The molecule has 0 bridgehead atoms. The summed E-state index contributed by atoms with van der Waals surface area (Å²) in [6.45, 7) is 7.80. The third-order valence-corrected chi connectivity index (χ3v) is 3.19. The van der Waals surface area contributed by atoms with E-state index in [1.807, 2.05) is 43.7 Å². The Morgan fingerprint density at radius 3 is 2.55 bits per heavy atom. The van der Waals surface area contributed by atoms with Crippen molar-refractivity contribution in [2.75, 3.05) is 0 Å². The van der Waals surface area contributed by atoms with Crippen molar-refractivity contribution in [3.8, 4) is 0 Å². The molecule has 2 aromatic rings. The number of hydrogen-bond donors (Lipinski definition) is 0. The number of halogens is 3. The van der Waals surface area contributed by atoms with Crippen molar-refractivity contribution in [1.82, 2.24) is 9.55 Å². The average molecular weight is 408 g/mol. The summed E-state index contributed by atoms with van der Waals surface area (Å²) in [6, 6.07) is 3.73. The molecule has 1 atom stereocenters. The highest BCUT2D eigenvalue weighted by atomic mass is 127. The van der Waals surface area contributed by atoms with Crippen LogP contribution in [-0.2, 0) is 6.54 Å². The summed E-state index contributed by atoms with van der Waals surface area (Å²) in [6.07, 6.45) is 3.99. The average Bonchev–Trinajstić information content (AvgIpc) is 2.87. The van der Waals surface area contributed by atoms with E-state index < -0.39 is 5.67 Å². The molecule has 0 spiro atoms. The van der Waals surface area contributed by atoms with Gasteiger partial charge in [-0.15, -0.1) is 0 Å². The van der Waals surface area contributed by atoms with Gasteiger partial charge in [0.05, 0.1) is 12.1 Å². The van der Waals surface area contributed by atoms with Crippen molar-refractivity contribution >= 4 is 50.6 Å². The van der Waals surface area contributed by atoms with Crippen LogP contribution in [0, 0.1) is 0 Å². The standard InChI is InChI=1S/C12H14ClFN2.C2H6.BI/c1-3-12(2,14)8-16-7-5-9-10(16)4-6-15-11(9)13;2*1-2/h4-7H,3,8H2,1-2H3;1-2H3;. The van der Waals surface area contributed by atoms with Crippen LogP contribution in [0.15, 0.2) is 24.5 Å². The first-order valence-electron chi connectivity index (χ1n) is 6.53. The van der Waals surface area contributed by atoms with Gasteiger partial charge in [0.2, 0.25) is 0 Å². The molecular formula is C14H20BClFIN2. The molecule has 20 heavy (non-hydrogen) atoms. The van der Waals surface area contributed by atoms with Crippen LogP contribution in [0.5, 0.6) is 0 Å². The molecule has 0 aliphatic heterocycles. The first-order valence-corrected chi connectivity index (χ1v) is 8.16. The number of hydrogen-bond acceptors (Lipinski definition) is 1. The van der Waals surface area contributed by atoms with Gasteiger partial charge >= 0.3 is 0 Å². The molecule has 0 aliphatic rings. The van der Waals surface area contributed by atoms with E-state index in [1.54, 1.807) is 35.5 Å². The normalized spacial score (nSPS) is 12.8. The zero-order valence-electron chi connectivity index (χ0n) is 12.3. The molecule has 6 heteroatoms. The Labute approximate surface area is 140 Å². The van der Waals surface area contributed by atoms with Crippen LogP contribution >= 0.6 is 34.0 Å². The van der Waals surface area contributed by atoms with Crippen LogP contribution in [0.4, 0.5) is 4.39 Å². The minimum absolute atomic E-state index is 0.341. The van der Waals surface area contributed by atoms with E-state index in [4.69, 9.17) is 11.6 Å². The maximum Gasteiger partial charge on any atom is 0.169 e. The predicted molar refractivity (Wildman–Crippen MR) is 95.7 cm³/mol. The second-order valence-electron chi connectivity index (χ2n) is 4.25. The summed E-state index contributed by atoms with van der Waals surface area (Å²) >= 11 is 7.61. The Hall–Kier alpha value is -0.295. The third-order valence-electron chi connectivity index (χ3n) is 2.89. The monoisotopic (exact) mass is 408 g/mol. The molecule has 2 heterocycles. The maximum absolute atomic E-state index is 13.9. The maximum atomic E-state index is 13.9. The van der Waals surface area contributed by atoms with E-state index in [1.165, 1.54) is 0 Å². The molecular weight excluding hydrogens is 388 g/mol. The van der Waals surface area contributed by atoms with Crippen LogP contribution in [0.3, 0.4) is 0 Å². The summed E-state index contributed by atoms with van der Waals surface area (Å²) in [5.74, 6) is 0. The molecule has 0 saturated carbocycles. The molecule has 0 saturated heterocycles. The molecule has 0 fully saturated rings. The molecule has 0 amide bonds. The van der Waals surface area contributed by atoms with E-state index in [0.29, 0.717) is 18.1 Å². The second kappa shape index (κ2) is 9.61. The number of alkyl halides is 1. The smallest absolute Gasteiger partial charge is 0.169 e. The molecule has 2 rings (SSSR count). The van der Waals surface area contributed by atoms with Crippen molar-refractivity contribution in [3.63, 3.8) is 0 Å². The molecule has 0 aromatic carbocycles. The van der Waals surface area contributed by atoms with Crippen molar-refractivity contribution in [1.29, 1.82) is 0 Å². The van der Waals surface area contributed by atoms with E-state index in [9.17, 15) is 4.39 Å². The van der Waals surface area contributed by atoms with Crippen LogP contribution < -0.4 is 0 Å². The minimum Gasteiger partial charge on any atom is -0.344 e. The van der Waals surface area contributed by atoms with Crippen molar-refractivity contribution in [2.24, 2.45) is 0 Å². The zero-order valence-corrected chi connectivity index (χ0v) is 15.2. The van der Waals surface area contributed by atoms with Gasteiger partial charge in [0.15, 0.2) is 5.70 Å². The SMILES string of the molecule is CC.CCC(C)(F)Cn1ccc2c(Cl)nccc21.[B]I. The van der Waals surface area contributed by atoms with Crippen molar-refractivity contribution in [3.05, 3.63) is 29.7 Å². The fourth-order valence-electron chi connectivity index (χ4n) is 1.69. The van der Waals surface area contributed by atoms with Gasteiger partial charge in [-0.2, -0.15) is 22.4 Å². The van der Waals surface area contributed by atoms with Gasteiger partial charge in [-0.05, 0) is 25.5 Å². The predicted octanol–water partition coefficient (Wildman–Crippen LogP) is 5.36. The van der Waals surface area contributed by atoms with E-state index in [2.05, 4.69) is 10.7 Å². The van der Waals surface area contributed by atoms with Gasteiger partial charge in [-0.1, -0.05) is 32.4 Å². The highest BCUT2D eigenvalue weighted by molar-refractivity contribution is 14.1. The quantitative estimate of drug-likeness (QED) is 0.380. The largest absolute Gasteiger partial charge is 0.344 e. The van der Waals surface area contributed by atoms with Crippen molar-refractivity contribution < 1.29 is 4.39 Å². The van der Waals surface area contributed by atoms with Gasteiger partial charge < -0.3 is 4.57 Å². The molecule has 0 N–H and O–H groups in total. The van der Waals surface area contributed by atoms with Gasteiger partial charge in [0, 0.05) is 17.8 Å². The first-order chi connectivity index (χ1) is 9.53. The lowest BCUT2D eigenvalue weighted by Crippen LogP contribution is -2.23. The molecule has 2 radical (unpaired) electrons. The van der Waals surface area contributed by atoms with E-state index >= 15 is 0 Å². The number of aromatic nitrogens is 2. The van der Waals surface area contributed by atoms with Gasteiger partial charge in [0.1, 0.15) is 10.8 Å². The molecule has 0 aliphatic carbocycles. The highest BCUT2D eigenvalue weighted by Crippen LogP contribution is 2.25. The van der Waals surface area contributed by atoms with Crippen LogP contribution in [-0.4, -0.2) is 20.9 Å². The molecule has 2 aromatic heterocycles. The molecule has 2 nitrogen and oxygen atoms in total. The summed E-state index contributed by atoms with van der Waals surface area (Å²) in [7, 11) is 0. The Balaban J connectivity index is 0.000000829. The highest BCUT2D eigenvalue weighted by Gasteiger charge is 2.21. The lowest BCUT2D eigenvalue weighted by Gasteiger charge is -2.19. The van der Waals surface area contributed by atoms with E-state index in [-0.39, 0.29) is 0 Å². The van der Waals surface area contributed by atoms with Crippen molar-refractivity contribution in [2.45, 2.75) is 46.3 Å². The Morgan fingerprint density at radius 1 is 1.40 bits per heavy atom. The third kappa shape index (κ3) is 5.24. The lowest BCUT2D eigenvalue weighted by atomic mass is 10.1. The fourth-order valence-corrected chi connectivity index (χ4v) is 1.91. The summed E-state index contributed by atoms with van der Waals surface area (Å²) in [4.78, 5) is 4.00. The van der Waals surface area contributed by atoms with E-state index in [0.717, 1.165) is 10.9 Å². The first kappa shape index (κ1) is 19.7. The van der Waals surface area contributed by atoms with Crippen LogP contribution in [0.2, 0.25) is 5.15 Å². The topological polar surface area (TPSA) is 17.8 Å². The van der Waals surface area contributed by atoms with Gasteiger partial charge in [-0.25, -0.2) is 9.37 Å². The summed E-state index contributed by atoms with van der Waals surface area (Å²) < 4.78 is 15.8. The number of fused-ring (bicyclic) bond motifs is 1. The summed E-state index contributed by atoms with van der Waals surface area (Å²) in [5.41, 5.74) is 4.21. The number of rotatable bonds is 3. The fraction of sp³-hybridized carbons (Fsp3) is 0.500. The molecule has 110 valence electrons. The summed E-state index contributed by atoms with van der Waals surface area (Å²) in [5, 5.41) is 1.34. The van der Waals surface area contributed by atoms with Gasteiger partial charge in [0.25, 0.3) is 0 Å². The van der Waals surface area contributed by atoms with Crippen LogP contribution in [0.1, 0.15) is 34.1 Å². The van der Waals surface area contributed by atoms with Crippen LogP contribution in [0.25, 0.3) is 10.9 Å². The Kier molecular flexibility index (Phi) is 9.47. The minimum atomic E-state index is -1.19. The Morgan fingerprint density at radius 2 is 2.00 bits per heavy atom. The number of pyridine rings is 1. The zero-order chi connectivity index (χ0) is 15.8. The molecule has 1 unspecified atom stereocenters. The van der Waals surface area contributed by atoms with Gasteiger partial charge in [-0.3, -0.25) is 0 Å². The lowest BCUT2D eigenvalue weighted by molar-refractivity contribution is 0.157. The number of nitrogens with zero attached hydrogens (tertiary/aromatic N) is 2.